The summed E-state index contributed by atoms with van der Waals surface area (Å²) in [4.78, 5) is 13.0. The summed E-state index contributed by atoms with van der Waals surface area (Å²) in [6.45, 7) is 4.39. The lowest BCUT2D eigenvalue weighted by Crippen LogP contribution is -2.33. The number of rotatable bonds is 4. The van der Waals surface area contributed by atoms with Crippen LogP contribution in [0.15, 0.2) is 30.3 Å². The van der Waals surface area contributed by atoms with Crippen molar-refractivity contribution in [3.63, 3.8) is 0 Å². The van der Waals surface area contributed by atoms with Crippen LogP contribution in [0.3, 0.4) is 0 Å². The molecule has 0 radical (unpaired) electrons. The van der Waals surface area contributed by atoms with E-state index in [0.29, 0.717) is 0 Å². The topological polar surface area (TPSA) is 40.5 Å². The highest BCUT2D eigenvalue weighted by molar-refractivity contribution is 5.87. The van der Waals surface area contributed by atoms with Crippen LogP contribution in [0, 0.1) is 5.92 Å². The number of aliphatic carboxylic acids is 1. The Bertz CT molecular complexity index is 460. The van der Waals surface area contributed by atoms with Crippen molar-refractivity contribution in [3.8, 4) is 0 Å². The maximum absolute atomic E-state index is 10.6. The van der Waals surface area contributed by atoms with E-state index in [0.717, 1.165) is 30.3 Å². The highest BCUT2D eigenvalue weighted by atomic mass is 16.4. The number of carboxylic acid groups (broad SMARTS) is 1. The van der Waals surface area contributed by atoms with Crippen molar-refractivity contribution in [1.29, 1.82) is 0 Å². The van der Waals surface area contributed by atoms with Crippen LogP contribution in [0.2, 0.25) is 0 Å². The van der Waals surface area contributed by atoms with Gasteiger partial charge in [0.25, 0.3) is 0 Å². The molecule has 0 atom stereocenters. The molecule has 0 unspecified atom stereocenters. The van der Waals surface area contributed by atoms with Gasteiger partial charge in [-0.2, -0.15) is 0 Å². The summed E-state index contributed by atoms with van der Waals surface area (Å²) >= 11 is 0. The Labute approximate surface area is 114 Å². The lowest BCUT2D eigenvalue weighted by Gasteiger charge is -2.34. The summed E-state index contributed by atoms with van der Waals surface area (Å²) < 4.78 is 0. The summed E-state index contributed by atoms with van der Waals surface area (Å²) in [5.74, 6) is -0.0579. The number of carboxylic acids is 1. The largest absolute Gasteiger partial charge is 0.478 e. The lowest BCUT2D eigenvalue weighted by atomic mass is 9.94. The van der Waals surface area contributed by atoms with Gasteiger partial charge in [-0.3, -0.25) is 0 Å². The molecule has 1 heterocycles. The minimum absolute atomic E-state index is 0.845. The molecule has 1 saturated heterocycles. The number of carbonyl (C=O) groups is 1. The fourth-order valence-corrected chi connectivity index (χ4v) is 2.66. The Hall–Kier alpha value is -1.77. The van der Waals surface area contributed by atoms with Crippen molar-refractivity contribution in [1.82, 2.24) is 0 Å². The molecule has 1 aliphatic heterocycles. The molecule has 0 aliphatic carbocycles. The van der Waals surface area contributed by atoms with E-state index < -0.39 is 5.97 Å². The monoisotopic (exact) mass is 259 g/mol. The molecule has 19 heavy (non-hydrogen) atoms. The Morgan fingerprint density at radius 2 is 2.05 bits per heavy atom. The quantitative estimate of drug-likeness (QED) is 0.842. The van der Waals surface area contributed by atoms with Gasteiger partial charge in [0.2, 0.25) is 0 Å². The van der Waals surface area contributed by atoms with Crippen molar-refractivity contribution >= 4 is 17.7 Å². The molecule has 3 heteroatoms. The summed E-state index contributed by atoms with van der Waals surface area (Å²) in [6, 6.07) is 8.01. The zero-order valence-corrected chi connectivity index (χ0v) is 11.4. The Morgan fingerprint density at radius 1 is 1.37 bits per heavy atom. The molecule has 1 aromatic carbocycles. The first-order chi connectivity index (χ1) is 9.20. The minimum Gasteiger partial charge on any atom is -0.478 e. The predicted octanol–water partition coefficient (Wildman–Crippen LogP) is 3.41. The molecule has 1 aromatic rings. The van der Waals surface area contributed by atoms with Crippen LogP contribution in [-0.4, -0.2) is 24.2 Å². The maximum Gasteiger partial charge on any atom is 0.328 e. The molecule has 1 N–H and O–H groups in total. The number of piperidine rings is 1. The summed E-state index contributed by atoms with van der Waals surface area (Å²) in [5.41, 5.74) is 2.13. The van der Waals surface area contributed by atoms with E-state index in [9.17, 15) is 4.79 Å². The Morgan fingerprint density at radius 3 is 2.68 bits per heavy atom. The third kappa shape index (κ3) is 3.60. The second-order valence-corrected chi connectivity index (χ2v) is 5.07. The number of hydrogen-bond donors (Lipinski definition) is 1. The number of anilines is 1. The fraction of sp³-hybridized carbons (Fsp3) is 0.438. The van der Waals surface area contributed by atoms with Gasteiger partial charge in [0.1, 0.15) is 0 Å². The van der Waals surface area contributed by atoms with Gasteiger partial charge in [0.05, 0.1) is 0 Å². The van der Waals surface area contributed by atoms with Crippen LogP contribution < -0.4 is 4.90 Å². The van der Waals surface area contributed by atoms with E-state index in [1.54, 1.807) is 6.08 Å². The van der Waals surface area contributed by atoms with Gasteiger partial charge in [0, 0.05) is 24.9 Å². The standard InChI is InChI=1S/C16H21NO2/c1-2-13-9-11-17(12-10-13)15-6-4-3-5-14(15)7-8-16(18)19/h3-8,13H,2,9-12H2,1H3,(H,18,19)/b8-7+. The van der Waals surface area contributed by atoms with Crippen molar-refractivity contribution in [2.24, 2.45) is 5.92 Å². The van der Waals surface area contributed by atoms with Gasteiger partial charge in [-0.25, -0.2) is 4.79 Å². The van der Waals surface area contributed by atoms with Gasteiger partial charge in [0.15, 0.2) is 0 Å². The first kappa shape index (κ1) is 13.7. The highest BCUT2D eigenvalue weighted by Crippen LogP contribution is 2.28. The molecular weight excluding hydrogens is 238 g/mol. The summed E-state index contributed by atoms with van der Waals surface area (Å²) in [7, 11) is 0. The lowest BCUT2D eigenvalue weighted by molar-refractivity contribution is -0.131. The number of para-hydroxylation sites is 1. The summed E-state index contributed by atoms with van der Waals surface area (Å²) in [5, 5.41) is 8.74. The van der Waals surface area contributed by atoms with Crippen molar-refractivity contribution in [2.45, 2.75) is 26.2 Å². The molecule has 0 bridgehead atoms. The van der Waals surface area contributed by atoms with Crippen LogP contribution in [0.1, 0.15) is 31.7 Å². The number of hydrogen-bond acceptors (Lipinski definition) is 2. The third-order valence-corrected chi connectivity index (χ3v) is 3.87. The van der Waals surface area contributed by atoms with E-state index in [1.807, 2.05) is 18.2 Å². The van der Waals surface area contributed by atoms with E-state index in [-0.39, 0.29) is 0 Å². The van der Waals surface area contributed by atoms with Crippen LogP contribution >= 0.6 is 0 Å². The molecule has 2 rings (SSSR count). The molecule has 0 spiro atoms. The van der Waals surface area contributed by atoms with E-state index in [1.165, 1.54) is 25.3 Å². The van der Waals surface area contributed by atoms with E-state index >= 15 is 0 Å². The third-order valence-electron chi connectivity index (χ3n) is 3.87. The number of benzene rings is 1. The number of nitrogens with zero attached hydrogens (tertiary/aromatic N) is 1. The minimum atomic E-state index is -0.903. The molecule has 1 fully saturated rings. The first-order valence-corrected chi connectivity index (χ1v) is 6.95. The van der Waals surface area contributed by atoms with Gasteiger partial charge in [-0.05, 0) is 36.5 Å². The SMILES string of the molecule is CCC1CCN(c2ccccc2/C=C/C(=O)O)CC1. The van der Waals surface area contributed by atoms with Crippen LogP contribution in [0.4, 0.5) is 5.69 Å². The van der Waals surface area contributed by atoms with Crippen molar-refractivity contribution in [3.05, 3.63) is 35.9 Å². The van der Waals surface area contributed by atoms with Crippen molar-refractivity contribution in [2.75, 3.05) is 18.0 Å². The van der Waals surface area contributed by atoms with Crippen molar-refractivity contribution < 1.29 is 9.90 Å². The molecule has 1 aliphatic rings. The van der Waals surface area contributed by atoms with Gasteiger partial charge in [-0.15, -0.1) is 0 Å². The normalized spacial score (nSPS) is 17.0. The predicted molar refractivity (Wildman–Crippen MR) is 78.3 cm³/mol. The molecular formula is C16H21NO2. The Kier molecular flexibility index (Phi) is 4.61. The smallest absolute Gasteiger partial charge is 0.328 e. The molecule has 0 saturated carbocycles. The zero-order chi connectivity index (χ0) is 13.7. The van der Waals surface area contributed by atoms with Gasteiger partial charge in [-0.1, -0.05) is 31.5 Å². The van der Waals surface area contributed by atoms with Gasteiger partial charge < -0.3 is 10.0 Å². The zero-order valence-electron chi connectivity index (χ0n) is 11.4. The molecule has 3 nitrogen and oxygen atoms in total. The molecule has 0 amide bonds. The van der Waals surface area contributed by atoms with Crippen LogP contribution in [0.25, 0.3) is 6.08 Å². The Balaban J connectivity index is 2.14. The first-order valence-electron chi connectivity index (χ1n) is 6.95. The fourth-order valence-electron chi connectivity index (χ4n) is 2.66. The van der Waals surface area contributed by atoms with Crippen LogP contribution in [-0.2, 0) is 4.79 Å². The maximum atomic E-state index is 10.6. The van der Waals surface area contributed by atoms with E-state index in [4.69, 9.17) is 5.11 Å². The highest BCUT2D eigenvalue weighted by Gasteiger charge is 2.19. The summed E-state index contributed by atoms with van der Waals surface area (Å²) in [6.07, 6.45) is 6.61. The second kappa shape index (κ2) is 6.41. The van der Waals surface area contributed by atoms with Gasteiger partial charge >= 0.3 is 5.97 Å². The molecule has 0 aromatic heterocycles. The average molecular weight is 259 g/mol. The van der Waals surface area contributed by atoms with E-state index in [2.05, 4.69) is 17.9 Å². The second-order valence-electron chi connectivity index (χ2n) is 5.07. The van der Waals surface area contributed by atoms with Crippen LogP contribution in [0.5, 0.6) is 0 Å². The molecule has 102 valence electrons. The average Bonchev–Trinajstić information content (AvgIpc) is 2.45.